The van der Waals surface area contributed by atoms with Crippen molar-refractivity contribution in [3.05, 3.63) is 52.3 Å². The molecule has 0 spiro atoms. The lowest BCUT2D eigenvalue weighted by Crippen LogP contribution is -2.46. The van der Waals surface area contributed by atoms with Gasteiger partial charge in [-0.3, -0.25) is 4.79 Å². The number of piperazine rings is 1. The lowest BCUT2D eigenvalue weighted by Gasteiger charge is -2.35. The Kier molecular flexibility index (Phi) is 6.35. The quantitative estimate of drug-likeness (QED) is 0.810. The highest BCUT2D eigenvalue weighted by Gasteiger charge is 2.19. The first-order valence-corrected chi connectivity index (χ1v) is 9.87. The fourth-order valence-electron chi connectivity index (χ4n) is 3.70. The minimum Gasteiger partial charge on any atom is -0.505 e. The van der Waals surface area contributed by atoms with Gasteiger partial charge < -0.3 is 20.2 Å². The minimum atomic E-state index is -0.423. The molecule has 152 valence electrons. The van der Waals surface area contributed by atoms with Gasteiger partial charge in [0.25, 0.3) is 5.91 Å². The van der Waals surface area contributed by atoms with Crippen LogP contribution in [0.25, 0.3) is 0 Å². The Balaban J connectivity index is 1.67. The largest absolute Gasteiger partial charge is 0.505 e. The zero-order valence-electron chi connectivity index (χ0n) is 17.2. The molecule has 2 heterocycles. The summed E-state index contributed by atoms with van der Waals surface area (Å²) in [5, 5.41) is 22.2. The second-order valence-corrected chi connectivity index (χ2v) is 7.37. The summed E-state index contributed by atoms with van der Waals surface area (Å²) < 4.78 is 0. The maximum Gasteiger partial charge on any atom is 0.274 e. The van der Waals surface area contributed by atoms with Gasteiger partial charge in [-0.05, 0) is 49.2 Å². The molecular weight excluding hydrogens is 366 g/mol. The summed E-state index contributed by atoms with van der Waals surface area (Å²) in [7, 11) is 0. The normalized spacial score (nSPS) is 14.5. The van der Waals surface area contributed by atoms with Crippen LogP contribution in [-0.2, 0) is 6.54 Å². The first kappa shape index (κ1) is 20.6. The molecule has 0 bridgehead atoms. The molecule has 1 fully saturated rings. The molecule has 3 rings (SSSR count). The van der Waals surface area contributed by atoms with E-state index in [4.69, 9.17) is 5.26 Å². The number of aromatic hydroxyl groups is 1. The van der Waals surface area contributed by atoms with Crippen molar-refractivity contribution in [3.8, 4) is 11.8 Å². The van der Waals surface area contributed by atoms with Crippen LogP contribution in [0.1, 0.15) is 39.7 Å². The first-order valence-electron chi connectivity index (χ1n) is 9.87. The van der Waals surface area contributed by atoms with Crippen LogP contribution in [0.15, 0.2) is 24.4 Å². The number of benzene rings is 1. The number of aryl methyl sites for hydroxylation is 2. The van der Waals surface area contributed by atoms with Gasteiger partial charge in [0, 0.05) is 38.8 Å². The van der Waals surface area contributed by atoms with E-state index < -0.39 is 5.91 Å². The van der Waals surface area contributed by atoms with Crippen molar-refractivity contribution in [1.29, 1.82) is 5.26 Å². The number of pyridine rings is 1. The molecule has 7 nitrogen and oxygen atoms in total. The van der Waals surface area contributed by atoms with E-state index in [1.54, 1.807) is 24.4 Å². The molecule has 7 heteroatoms. The Labute approximate surface area is 171 Å². The summed E-state index contributed by atoms with van der Waals surface area (Å²) in [6, 6.07) is 7.35. The number of hydrogen-bond acceptors (Lipinski definition) is 6. The van der Waals surface area contributed by atoms with E-state index in [1.807, 2.05) is 13.8 Å². The van der Waals surface area contributed by atoms with Crippen molar-refractivity contribution < 1.29 is 9.90 Å². The number of nitrogens with one attached hydrogen (secondary N) is 1. The van der Waals surface area contributed by atoms with Crippen LogP contribution in [0.2, 0.25) is 0 Å². The van der Waals surface area contributed by atoms with Crippen LogP contribution < -0.4 is 10.2 Å². The number of hydrogen-bond donors (Lipinski definition) is 2. The van der Waals surface area contributed by atoms with Crippen LogP contribution in [0, 0.1) is 25.2 Å². The SMILES string of the molecule is CCN1CCN(c2cnc(C(=O)NCc3c(C)cc(C#N)cc3C)c(O)c2)CC1. The lowest BCUT2D eigenvalue weighted by atomic mass is 9.99. The van der Waals surface area contributed by atoms with Gasteiger partial charge in [-0.25, -0.2) is 4.98 Å². The van der Waals surface area contributed by atoms with E-state index in [0.29, 0.717) is 12.1 Å². The van der Waals surface area contributed by atoms with Crippen molar-refractivity contribution in [2.75, 3.05) is 37.6 Å². The average Bonchev–Trinajstić information content (AvgIpc) is 2.72. The van der Waals surface area contributed by atoms with Gasteiger partial charge in [0.15, 0.2) is 5.69 Å². The number of aromatic nitrogens is 1. The van der Waals surface area contributed by atoms with Gasteiger partial charge in [0.05, 0.1) is 23.5 Å². The molecule has 2 N–H and O–H groups in total. The number of carbonyl (C=O) groups excluding carboxylic acids is 1. The molecule has 1 amide bonds. The van der Waals surface area contributed by atoms with E-state index in [0.717, 1.165) is 55.1 Å². The molecule has 1 aromatic carbocycles. The number of nitrogens with zero attached hydrogens (tertiary/aromatic N) is 4. The van der Waals surface area contributed by atoms with Crippen molar-refractivity contribution >= 4 is 11.6 Å². The zero-order chi connectivity index (χ0) is 21.0. The van der Waals surface area contributed by atoms with Crippen LogP contribution in [0.4, 0.5) is 5.69 Å². The molecular formula is C22H27N5O2. The summed E-state index contributed by atoms with van der Waals surface area (Å²) in [6.45, 7) is 11.0. The third-order valence-corrected chi connectivity index (χ3v) is 5.50. The van der Waals surface area contributed by atoms with Crippen molar-refractivity contribution in [3.63, 3.8) is 0 Å². The third kappa shape index (κ3) is 4.66. The number of amides is 1. The summed E-state index contributed by atoms with van der Waals surface area (Å²) in [6.07, 6.45) is 1.65. The molecule has 0 atom stereocenters. The van der Waals surface area contributed by atoms with Crippen molar-refractivity contribution in [2.45, 2.75) is 27.3 Å². The number of carbonyl (C=O) groups is 1. The molecule has 0 aliphatic carbocycles. The molecule has 0 unspecified atom stereocenters. The smallest absolute Gasteiger partial charge is 0.274 e. The van der Waals surface area contributed by atoms with E-state index >= 15 is 0 Å². The summed E-state index contributed by atoms with van der Waals surface area (Å²) in [5.41, 5.74) is 4.30. The van der Waals surface area contributed by atoms with E-state index in [2.05, 4.69) is 33.1 Å². The molecule has 1 aliphatic heterocycles. The Bertz CT molecular complexity index is 920. The van der Waals surface area contributed by atoms with Crippen LogP contribution in [-0.4, -0.2) is 53.6 Å². The average molecular weight is 393 g/mol. The maximum atomic E-state index is 12.5. The fraction of sp³-hybridized carbons (Fsp3) is 0.409. The number of rotatable bonds is 5. The molecule has 0 radical (unpaired) electrons. The van der Waals surface area contributed by atoms with Crippen molar-refractivity contribution in [2.24, 2.45) is 0 Å². The van der Waals surface area contributed by atoms with E-state index in [1.165, 1.54) is 0 Å². The second kappa shape index (κ2) is 8.93. The van der Waals surface area contributed by atoms with Gasteiger partial charge in [0.2, 0.25) is 0 Å². The predicted octanol–water partition coefficient (Wildman–Crippen LogP) is 2.35. The standard InChI is InChI=1S/C22H27N5O2/c1-4-26-5-7-27(8-6-26)18-11-20(28)21(24-13-18)22(29)25-14-19-15(2)9-17(12-23)10-16(19)3/h9-11,13,28H,4-8,14H2,1-3H3,(H,25,29). The Morgan fingerprint density at radius 3 is 2.41 bits per heavy atom. The summed E-state index contributed by atoms with van der Waals surface area (Å²) in [4.78, 5) is 21.3. The van der Waals surface area contributed by atoms with E-state index in [-0.39, 0.29) is 11.4 Å². The topological polar surface area (TPSA) is 92.5 Å². The highest BCUT2D eigenvalue weighted by atomic mass is 16.3. The Morgan fingerprint density at radius 1 is 1.21 bits per heavy atom. The van der Waals surface area contributed by atoms with Gasteiger partial charge in [-0.15, -0.1) is 0 Å². The highest BCUT2D eigenvalue weighted by Crippen LogP contribution is 2.24. The molecule has 0 saturated carbocycles. The third-order valence-electron chi connectivity index (χ3n) is 5.50. The van der Waals surface area contributed by atoms with Gasteiger partial charge in [-0.1, -0.05) is 6.92 Å². The fourth-order valence-corrected chi connectivity index (χ4v) is 3.70. The number of nitriles is 1. The van der Waals surface area contributed by atoms with Crippen molar-refractivity contribution in [1.82, 2.24) is 15.2 Å². The predicted molar refractivity (Wildman–Crippen MR) is 112 cm³/mol. The Morgan fingerprint density at radius 2 is 1.86 bits per heavy atom. The molecule has 29 heavy (non-hydrogen) atoms. The number of anilines is 1. The summed E-state index contributed by atoms with van der Waals surface area (Å²) in [5.74, 6) is -0.542. The zero-order valence-corrected chi connectivity index (χ0v) is 17.2. The summed E-state index contributed by atoms with van der Waals surface area (Å²) >= 11 is 0. The number of likely N-dealkylation sites (N-methyl/N-ethyl adjacent to an activating group) is 1. The molecule has 2 aromatic rings. The monoisotopic (exact) mass is 393 g/mol. The minimum absolute atomic E-state index is 0.0184. The van der Waals surface area contributed by atoms with E-state index in [9.17, 15) is 9.90 Å². The highest BCUT2D eigenvalue weighted by molar-refractivity contribution is 5.95. The van der Waals surface area contributed by atoms with Crippen LogP contribution in [0.3, 0.4) is 0 Å². The molecule has 1 aliphatic rings. The van der Waals surface area contributed by atoms with Crippen LogP contribution in [0.5, 0.6) is 5.75 Å². The Hall–Kier alpha value is -3.11. The first-order chi connectivity index (χ1) is 13.9. The van der Waals surface area contributed by atoms with Gasteiger partial charge in [0.1, 0.15) is 5.75 Å². The lowest BCUT2D eigenvalue weighted by molar-refractivity contribution is 0.0943. The molecule has 1 saturated heterocycles. The molecule has 1 aromatic heterocycles. The van der Waals surface area contributed by atoms with Gasteiger partial charge in [-0.2, -0.15) is 5.26 Å². The maximum absolute atomic E-state index is 12.5. The second-order valence-electron chi connectivity index (χ2n) is 7.37. The van der Waals surface area contributed by atoms with Crippen LogP contribution >= 0.6 is 0 Å². The van der Waals surface area contributed by atoms with Gasteiger partial charge >= 0.3 is 0 Å².